The second-order valence-electron chi connectivity index (χ2n) is 7.39. The van der Waals surface area contributed by atoms with E-state index in [9.17, 15) is 0 Å². The maximum atomic E-state index is 3.59. The summed E-state index contributed by atoms with van der Waals surface area (Å²) in [6, 6.07) is 0. The predicted octanol–water partition coefficient (Wildman–Crippen LogP) is 2.74. The van der Waals surface area contributed by atoms with Gasteiger partial charge in [0, 0.05) is 18.6 Å². The molecular formula is C14H30N2. The molecule has 16 heavy (non-hydrogen) atoms. The fourth-order valence-electron chi connectivity index (χ4n) is 2.37. The van der Waals surface area contributed by atoms with E-state index >= 15 is 0 Å². The third kappa shape index (κ3) is 5.31. The Kier molecular flexibility index (Phi) is 4.42. The van der Waals surface area contributed by atoms with Gasteiger partial charge in [0.2, 0.25) is 0 Å². The van der Waals surface area contributed by atoms with Crippen LogP contribution in [0.15, 0.2) is 0 Å². The van der Waals surface area contributed by atoms with Crippen molar-refractivity contribution in [1.29, 1.82) is 0 Å². The van der Waals surface area contributed by atoms with E-state index in [2.05, 4.69) is 51.8 Å². The fourth-order valence-corrected chi connectivity index (χ4v) is 2.37. The van der Waals surface area contributed by atoms with Gasteiger partial charge in [-0.25, -0.2) is 0 Å². The van der Waals surface area contributed by atoms with Crippen LogP contribution in [0.2, 0.25) is 0 Å². The summed E-state index contributed by atoms with van der Waals surface area (Å²) in [6.07, 6.45) is 1.35. The molecule has 0 aliphatic carbocycles. The first-order valence-electron chi connectivity index (χ1n) is 6.65. The maximum Gasteiger partial charge on any atom is 0.00966 e. The Morgan fingerprint density at radius 3 is 2.38 bits per heavy atom. The van der Waals surface area contributed by atoms with Crippen molar-refractivity contribution in [3.63, 3.8) is 0 Å². The molecule has 96 valence electrons. The van der Waals surface area contributed by atoms with Crippen molar-refractivity contribution in [3.05, 3.63) is 0 Å². The summed E-state index contributed by atoms with van der Waals surface area (Å²) in [7, 11) is 0. The molecule has 2 nitrogen and oxygen atoms in total. The minimum atomic E-state index is 0.249. The van der Waals surface area contributed by atoms with E-state index in [4.69, 9.17) is 0 Å². The highest BCUT2D eigenvalue weighted by Crippen LogP contribution is 2.28. The molecule has 0 saturated carbocycles. The van der Waals surface area contributed by atoms with Gasteiger partial charge in [0.25, 0.3) is 0 Å². The summed E-state index contributed by atoms with van der Waals surface area (Å²) in [4.78, 5) is 2.62. The number of hydrogen-bond acceptors (Lipinski definition) is 2. The number of nitrogens with zero attached hydrogens (tertiary/aromatic N) is 1. The van der Waals surface area contributed by atoms with Gasteiger partial charge in [-0.05, 0) is 51.6 Å². The topological polar surface area (TPSA) is 15.3 Å². The summed E-state index contributed by atoms with van der Waals surface area (Å²) in [5.74, 6) is 0.744. The first-order valence-corrected chi connectivity index (χ1v) is 6.65. The molecule has 1 aliphatic heterocycles. The summed E-state index contributed by atoms with van der Waals surface area (Å²) < 4.78 is 0. The Balaban J connectivity index is 2.23. The highest BCUT2D eigenvalue weighted by Gasteiger charge is 2.29. The van der Waals surface area contributed by atoms with E-state index in [1.165, 1.54) is 26.1 Å². The smallest absolute Gasteiger partial charge is 0.00966 e. The minimum absolute atomic E-state index is 0.249. The molecule has 1 aliphatic rings. The van der Waals surface area contributed by atoms with Gasteiger partial charge in [-0.15, -0.1) is 0 Å². The molecule has 0 aromatic rings. The zero-order valence-corrected chi connectivity index (χ0v) is 12.1. The molecule has 1 heterocycles. The summed E-state index contributed by atoms with van der Waals surface area (Å²) in [5, 5.41) is 3.59. The predicted molar refractivity (Wildman–Crippen MR) is 71.8 cm³/mol. The number of rotatable bonds is 4. The Bertz CT molecular complexity index is 215. The van der Waals surface area contributed by atoms with E-state index in [1.807, 2.05) is 0 Å². The molecule has 1 rings (SSSR count). The molecule has 1 fully saturated rings. The van der Waals surface area contributed by atoms with E-state index in [0.29, 0.717) is 5.41 Å². The zero-order chi connectivity index (χ0) is 12.4. The molecule has 0 radical (unpaired) electrons. The third-order valence-electron chi connectivity index (χ3n) is 3.31. The highest BCUT2D eigenvalue weighted by atomic mass is 15.2. The molecule has 0 spiro atoms. The standard InChI is InChI=1S/C14H30N2/c1-12(9-15-13(2,3)4)10-16-8-7-14(5,6)11-16/h12,15H,7-11H2,1-6H3. The molecule has 0 aromatic heterocycles. The lowest BCUT2D eigenvalue weighted by Gasteiger charge is -2.27. The van der Waals surface area contributed by atoms with Crippen LogP contribution in [0.4, 0.5) is 0 Å². The quantitative estimate of drug-likeness (QED) is 0.793. The zero-order valence-electron chi connectivity index (χ0n) is 12.1. The maximum absolute atomic E-state index is 3.59. The average molecular weight is 226 g/mol. The Morgan fingerprint density at radius 2 is 1.94 bits per heavy atom. The SMILES string of the molecule is CC(CNC(C)(C)C)CN1CCC(C)(C)C1. The summed E-state index contributed by atoms with van der Waals surface area (Å²) >= 11 is 0. The van der Waals surface area contributed by atoms with Gasteiger partial charge in [0.1, 0.15) is 0 Å². The molecule has 0 amide bonds. The number of nitrogens with one attached hydrogen (secondary N) is 1. The summed E-state index contributed by atoms with van der Waals surface area (Å²) in [6.45, 7) is 18.7. The van der Waals surface area contributed by atoms with Crippen molar-refractivity contribution in [1.82, 2.24) is 10.2 Å². The Hall–Kier alpha value is -0.0800. The number of hydrogen-bond donors (Lipinski definition) is 1. The van der Waals surface area contributed by atoms with Gasteiger partial charge in [0.05, 0.1) is 0 Å². The van der Waals surface area contributed by atoms with Crippen molar-refractivity contribution >= 4 is 0 Å². The lowest BCUT2D eigenvalue weighted by atomic mass is 9.93. The second-order valence-corrected chi connectivity index (χ2v) is 7.39. The number of likely N-dealkylation sites (tertiary alicyclic amines) is 1. The van der Waals surface area contributed by atoms with Gasteiger partial charge >= 0.3 is 0 Å². The van der Waals surface area contributed by atoms with Gasteiger partial charge in [-0.1, -0.05) is 20.8 Å². The average Bonchev–Trinajstić information content (AvgIpc) is 2.41. The molecule has 0 bridgehead atoms. The Labute approximate surface area is 102 Å². The fraction of sp³-hybridized carbons (Fsp3) is 1.00. The van der Waals surface area contributed by atoms with Crippen LogP contribution in [0.25, 0.3) is 0 Å². The second kappa shape index (κ2) is 5.05. The van der Waals surface area contributed by atoms with Gasteiger partial charge in [-0.2, -0.15) is 0 Å². The van der Waals surface area contributed by atoms with Gasteiger partial charge in [0.15, 0.2) is 0 Å². The van der Waals surface area contributed by atoms with Crippen molar-refractivity contribution in [2.24, 2.45) is 11.3 Å². The first-order chi connectivity index (χ1) is 7.18. The van der Waals surface area contributed by atoms with E-state index in [1.54, 1.807) is 0 Å². The molecule has 0 aromatic carbocycles. The largest absolute Gasteiger partial charge is 0.312 e. The molecule has 1 N–H and O–H groups in total. The van der Waals surface area contributed by atoms with E-state index < -0.39 is 0 Å². The highest BCUT2D eigenvalue weighted by molar-refractivity contribution is 4.83. The van der Waals surface area contributed by atoms with Crippen molar-refractivity contribution in [2.45, 2.75) is 53.5 Å². The van der Waals surface area contributed by atoms with Gasteiger partial charge in [-0.3, -0.25) is 0 Å². The van der Waals surface area contributed by atoms with Crippen molar-refractivity contribution in [2.75, 3.05) is 26.2 Å². The minimum Gasteiger partial charge on any atom is -0.312 e. The van der Waals surface area contributed by atoms with Crippen LogP contribution in [0.1, 0.15) is 48.0 Å². The van der Waals surface area contributed by atoms with Crippen LogP contribution in [0.5, 0.6) is 0 Å². The normalized spacial score (nSPS) is 23.6. The Morgan fingerprint density at radius 1 is 1.31 bits per heavy atom. The van der Waals surface area contributed by atoms with Gasteiger partial charge < -0.3 is 10.2 Å². The van der Waals surface area contributed by atoms with E-state index in [0.717, 1.165) is 12.5 Å². The molecule has 2 heteroatoms. The monoisotopic (exact) mass is 226 g/mol. The van der Waals surface area contributed by atoms with Crippen LogP contribution in [-0.2, 0) is 0 Å². The van der Waals surface area contributed by atoms with Crippen molar-refractivity contribution < 1.29 is 0 Å². The van der Waals surface area contributed by atoms with Crippen LogP contribution in [0.3, 0.4) is 0 Å². The first kappa shape index (κ1) is 14.0. The van der Waals surface area contributed by atoms with Crippen LogP contribution in [0, 0.1) is 11.3 Å². The molecule has 1 saturated heterocycles. The van der Waals surface area contributed by atoms with E-state index in [-0.39, 0.29) is 5.54 Å². The van der Waals surface area contributed by atoms with Crippen LogP contribution >= 0.6 is 0 Å². The van der Waals surface area contributed by atoms with Crippen LogP contribution < -0.4 is 5.32 Å². The van der Waals surface area contributed by atoms with Crippen LogP contribution in [-0.4, -0.2) is 36.6 Å². The summed E-state index contributed by atoms with van der Waals surface area (Å²) in [5.41, 5.74) is 0.787. The molecule has 1 unspecified atom stereocenters. The van der Waals surface area contributed by atoms with Crippen molar-refractivity contribution in [3.8, 4) is 0 Å². The lowest BCUT2D eigenvalue weighted by molar-refractivity contribution is 0.244. The molecular weight excluding hydrogens is 196 g/mol. The third-order valence-corrected chi connectivity index (χ3v) is 3.31. The molecule has 1 atom stereocenters. The lowest BCUT2D eigenvalue weighted by Crippen LogP contribution is -2.41.